The van der Waals surface area contributed by atoms with Crippen LogP contribution in [0.15, 0.2) is 23.1 Å². The topological polar surface area (TPSA) is 90.7 Å². The van der Waals surface area contributed by atoms with Crippen LogP contribution in [-0.4, -0.2) is 20.1 Å². The maximum atomic E-state index is 6.11. The smallest absolute Gasteiger partial charge is 0.250 e. The van der Waals surface area contributed by atoms with Gasteiger partial charge in [-0.1, -0.05) is 5.16 Å². The molecule has 92 valence electrons. The highest BCUT2D eigenvalue weighted by molar-refractivity contribution is 5.63. The van der Waals surface area contributed by atoms with Crippen LogP contribution in [0.5, 0.6) is 0 Å². The Bertz CT molecular complexity index is 559. The Hall–Kier alpha value is -2.08. The third-order valence-corrected chi connectivity index (χ3v) is 3.11. The molecule has 0 aliphatic heterocycles. The summed E-state index contributed by atoms with van der Waals surface area (Å²) in [6.45, 7) is 0. The van der Waals surface area contributed by atoms with Crippen molar-refractivity contribution < 1.29 is 4.52 Å². The predicted molar refractivity (Wildman–Crippen MR) is 65.0 cm³/mol. The summed E-state index contributed by atoms with van der Waals surface area (Å²) in [5.41, 5.74) is 6.47. The fraction of sp³-hybridized carbons (Fsp3) is 0.333. The van der Waals surface area contributed by atoms with Crippen molar-refractivity contribution in [1.29, 1.82) is 0 Å². The Morgan fingerprint density at radius 3 is 2.83 bits per heavy atom. The van der Waals surface area contributed by atoms with E-state index in [1.165, 1.54) is 0 Å². The molecule has 2 N–H and O–H groups in total. The van der Waals surface area contributed by atoms with E-state index in [1.807, 2.05) is 0 Å². The van der Waals surface area contributed by atoms with Crippen molar-refractivity contribution in [3.8, 4) is 0 Å². The Balaban J connectivity index is 1.76. The van der Waals surface area contributed by atoms with E-state index in [-0.39, 0.29) is 5.54 Å². The molecular formula is C12H13N5O. The third-order valence-electron chi connectivity index (χ3n) is 3.11. The van der Waals surface area contributed by atoms with Gasteiger partial charge in [0.1, 0.15) is 0 Å². The number of aromatic nitrogens is 4. The van der Waals surface area contributed by atoms with Crippen LogP contribution in [0, 0.1) is 0 Å². The molecule has 0 saturated heterocycles. The summed E-state index contributed by atoms with van der Waals surface area (Å²) in [6.07, 6.45) is 11.3. The molecule has 0 aromatic carbocycles. The van der Waals surface area contributed by atoms with Gasteiger partial charge in [0.25, 0.3) is 5.89 Å². The minimum atomic E-state index is -0.387. The summed E-state index contributed by atoms with van der Waals surface area (Å²) in [5, 5.41) is 3.92. The summed E-state index contributed by atoms with van der Waals surface area (Å²) in [4.78, 5) is 12.4. The van der Waals surface area contributed by atoms with Crippen molar-refractivity contribution in [3.63, 3.8) is 0 Å². The first-order valence-corrected chi connectivity index (χ1v) is 5.83. The third kappa shape index (κ3) is 2.02. The molecule has 6 heteroatoms. The van der Waals surface area contributed by atoms with Crippen molar-refractivity contribution in [2.75, 3.05) is 0 Å². The van der Waals surface area contributed by atoms with E-state index < -0.39 is 0 Å². The van der Waals surface area contributed by atoms with E-state index in [9.17, 15) is 0 Å². The molecule has 0 atom stereocenters. The maximum absolute atomic E-state index is 6.11. The second-order valence-corrected chi connectivity index (χ2v) is 4.43. The summed E-state index contributed by atoms with van der Waals surface area (Å²) < 4.78 is 5.13. The molecule has 1 aliphatic rings. The minimum Gasteiger partial charge on any atom is -0.335 e. The van der Waals surface area contributed by atoms with Gasteiger partial charge in [0.05, 0.1) is 17.4 Å². The fourth-order valence-electron chi connectivity index (χ4n) is 1.84. The van der Waals surface area contributed by atoms with Crippen molar-refractivity contribution in [2.45, 2.75) is 24.8 Å². The zero-order valence-corrected chi connectivity index (χ0v) is 9.78. The van der Waals surface area contributed by atoms with Crippen molar-refractivity contribution in [2.24, 2.45) is 5.73 Å². The van der Waals surface area contributed by atoms with Crippen LogP contribution in [0.2, 0.25) is 0 Å². The number of rotatable bonds is 3. The van der Waals surface area contributed by atoms with Crippen LogP contribution in [0.3, 0.4) is 0 Å². The number of hydrogen-bond donors (Lipinski definition) is 1. The lowest BCUT2D eigenvalue weighted by molar-refractivity contribution is 0.229. The van der Waals surface area contributed by atoms with Gasteiger partial charge in [-0.3, -0.25) is 9.97 Å². The molecule has 1 fully saturated rings. The van der Waals surface area contributed by atoms with Crippen LogP contribution in [0.4, 0.5) is 0 Å². The first-order valence-electron chi connectivity index (χ1n) is 5.83. The van der Waals surface area contributed by atoms with E-state index in [0.717, 1.165) is 25.0 Å². The standard InChI is InChI=1S/C12H13N5O/c13-12(4-1-5-12)11-16-10(18-17-11)3-2-9-8-14-6-7-15-9/h2-3,6-8H,1,4-5,13H2/b3-2+. The molecule has 0 bridgehead atoms. The highest BCUT2D eigenvalue weighted by Gasteiger charge is 2.38. The molecule has 2 heterocycles. The van der Waals surface area contributed by atoms with Crippen LogP contribution in [0.1, 0.15) is 36.7 Å². The van der Waals surface area contributed by atoms with Crippen LogP contribution >= 0.6 is 0 Å². The van der Waals surface area contributed by atoms with Crippen LogP contribution < -0.4 is 5.73 Å². The second-order valence-electron chi connectivity index (χ2n) is 4.43. The summed E-state index contributed by atoms with van der Waals surface area (Å²) in [5.74, 6) is 1.03. The van der Waals surface area contributed by atoms with Gasteiger partial charge in [0.15, 0.2) is 5.82 Å². The second kappa shape index (κ2) is 4.30. The van der Waals surface area contributed by atoms with Gasteiger partial charge >= 0.3 is 0 Å². The molecule has 0 unspecified atom stereocenters. The van der Waals surface area contributed by atoms with E-state index in [1.54, 1.807) is 30.7 Å². The Kier molecular flexibility index (Phi) is 2.64. The minimum absolute atomic E-state index is 0.387. The number of nitrogens with zero attached hydrogens (tertiary/aromatic N) is 4. The highest BCUT2D eigenvalue weighted by Crippen LogP contribution is 2.36. The van der Waals surface area contributed by atoms with Gasteiger partial charge in [-0.15, -0.1) is 0 Å². The Labute approximate surface area is 104 Å². The van der Waals surface area contributed by atoms with Gasteiger partial charge in [0.2, 0.25) is 0 Å². The first kappa shape index (κ1) is 11.0. The number of nitrogens with two attached hydrogens (primary N) is 1. The molecule has 1 aliphatic carbocycles. The maximum Gasteiger partial charge on any atom is 0.250 e. The molecule has 0 amide bonds. The normalized spacial score (nSPS) is 17.8. The van der Waals surface area contributed by atoms with E-state index in [0.29, 0.717) is 11.7 Å². The predicted octanol–water partition coefficient (Wildman–Crippen LogP) is 1.37. The molecule has 3 rings (SSSR count). The van der Waals surface area contributed by atoms with Gasteiger partial charge in [-0.2, -0.15) is 4.98 Å². The first-order chi connectivity index (χ1) is 8.76. The lowest BCUT2D eigenvalue weighted by atomic mass is 9.77. The van der Waals surface area contributed by atoms with Gasteiger partial charge in [0, 0.05) is 18.5 Å². The monoisotopic (exact) mass is 243 g/mol. The zero-order valence-electron chi connectivity index (χ0n) is 9.78. The molecule has 18 heavy (non-hydrogen) atoms. The highest BCUT2D eigenvalue weighted by atomic mass is 16.5. The molecule has 0 radical (unpaired) electrons. The molecular weight excluding hydrogens is 230 g/mol. The molecule has 0 spiro atoms. The lowest BCUT2D eigenvalue weighted by Crippen LogP contribution is -2.44. The number of hydrogen-bond acceptors (Lipinski definition) is 6. The molecule has 2 aromatic rings. The molecule has 6 nitrogen and oxygen atoms in total. The Morgan fingerprint density at radius 1 is 1.28 bits per heavy atom. The van der Waals surface area contributed by atoms with Crippen molar-refractivity contribution >= 4 is 12.2 Å². The van der Waals surface area contributed by atoms with Crippen molar-refractivity contribution in [3.05, 3.63) is 36.0 Å². The van der Waals surface area contributed by atoms with E-state index in [2.05, 4.69) is 20.1 Å². The van der Waals surface area contributed by atoms with E-state index in [4.69, 9.17) is 10.3 Å². The average Bonchev–Trinajstić information content (AvgIpc) is 2.84. The fourth-order valence-corrected chi connectivity index (χ4v) is 1.84. The lowest BCUT2D eigenvalue weighted by Gasteiger charge is -2.34. The van der Waals surface area contributed by atoms with Gasteiger partial charge in [-0.05, 0) is 25.3 Å². The quantitative estimate of drug-likeness (QED) is 0.875. The summed E-state index contributed by atoms with van der Waals surface area (Å²) in [6, 6.07) is 0. The van der Waals surface area contributed by atoms with Gasteiger partial charge < -0.3 is 10.3 Å². The van der Waals surface area contributed by atoms with Crippen molar-refractivity contribution in [1.82, 2.24) is 20.1 Å². The summed E-state index contributed by atoms with van der Waals surface area (Å²) >= 11 is 0. The molecule has 1 saturated carbocycles. The average molecular weight is 243 g/mol. The summed E-state index contributed by atoms with van der Waals surface area (Å²) in [7, 11) is 0. The van der Waals surface area contributed by atoms with Gasteiger partial charge in [-0.25, -0.2) is 0 Å². The van der Waals surface area contributed by atoms with E-state index >= 15 is 0 Å². The van der Waals surface area contributed by atoms with Crippen LogP contribution in [-0.2, 0) is 5.54 Å². The SMILES string of the molecule is NC1(c2noc(/C=C/c3cnccn3)n2)CCC1. The Morgan fingerprint density at radius 2 is 2.17 bits per heavy atom. The largest absolute Gasteiger partial charge is 0.335 e. The van der Waals surface area contributed by atoms with Crippen LogP contribution in [0.25, 0.3) is 12.2 Å². The zero-order chi connectivity index (χ0) is 12.4. The molecule has 2 aromatic heterocycles.